The first-order valence-electron chi connectivity index (χ1n) is 6.91. The van der Waals surface area contributed by atoms with E-state index < -0.39 is 11.7 Å². The van der Waals surface area contributed by atoms with Gasteiger partial charge >= 0.3 is 6.18 Å². The molecule has 0 saturated carbocycles. The summed E-state index contributed by atoms with van der Waals surface area (Å²) in [5, 5.41) is 11.6. The van der Waals surface area contributed by atoms with Crippen LogP contribution in [0.15, 0.2) is 30.5 Å². The molecule has 3 aromatic heterocycles. The predicted octanol–water partition coefficient (Wildman–Crippen LogP) is 4.25. The minimum Gasteiger partial charge on any atom is -0.276 e. The Morgan fingerprint density at radius 1 is 1.21 bits per heavy atom. The fourth-order valence-electron chi connectivity index (χ4n) is 2.71. The molecule has 24 heavy (non-hydrogen) atoms. The molecular formula is C15H9ClF3N5. The lowest BCUT2D eigenvalue weighted by atomic mass is 10.0. The van der Waals surface area contributed by atoms with Crippen LogP contribution in [0, 0.1) is 6.92 Å². The average molecular weight is 352 g/mol. The standard InChI is InChI=1S/C15H9ClF3N5/c1-7-21-12-3-2-10(15(17,18)19)14(24(12)23-7)8-4-9-6-20-22-13(9)11(16)5-8/h2-6H,1H3,(H,20,22). The summed E-state index contributed by atoms with van der Waals surface area (Å²) in [5.41, 5.74) is 0.274. The summed E-state index contributed by atoms with van der Waals surface area (Å²) in [6, 6.07) is 5.35. The van der Waals surface area contributed by atoms with E-state index in [4.69, 9.17) is 11.6 Å². The molecule has 0 spiro atoms. The molecule has 0 aliphatic rings. The maximum absolute atomic E-state index is 13.5. The van der Waals surface area contributed by atoms with Crippen molar-refractivity contribution in [1.82, 2.24) is 24.8 Å². The molecule has 122 valence electrons. The quantitative estimate of drug-likeness (QED) is 0.557. The van der Waals surface area contributed by atoms with Crippen LogP contribution in [0.1, 0.15) is 11.4 Å². The molecule has 4 rings (SSSR count). The largest absolute Gasteiger partial charge is 0.418 e. The fourth-order valence-corrected chi connectivity index (χ4v) is 2.98. The average Bonchev–Trinajstić information content (AvgIpc) is 3.09. The van der Waals surface area contributed by atoms with E-state index in [-0.39, 0.29) is 16.3 Å². The molecule has 0 aliphatic carbocycles. The van der Waals surface area contributed by atoms with E-state index in [9.17, 15) is 13.2 Å². The van der Waals surface area contributed by atoms with Gasteiger partial charge in [-0.3, -0.25) is 5.10 Å². The summed E-state index contributed by atoms with van der Waals surface area (Å²) < 4.78 is 41.7. The molecule has 0 atom stereocenters. The van der Waals surface area contributed by atoms with Crippen molar-refractivity contribution in [2.75, 3.05) is 0 Å². The van der Waals surface area contributed by atoms with E-state index in [1.54, 1.807) is 13.0 Å². The van der Waals surface area contributed by atoms with E-state index >= 15 is 0 Å². The van der Waals surface area contributed by atoms with Gasteiger partial charge in [0.1, 0.15) is 5.82 Å². The van der Waals surface area contributed by atoms with E-state index in [0.717, 1.165) is 6.07 Å². The number of alkyl halides is 3. The highest BCUT2D eigenvalue weighted by molar-refractivity contribution is 6.35. The summed E-state index contributed by atoms with van der Waals surface area (Å²) in [5.74, 6) is 0.381. The van der Waals surface area contributed by atoms with Crippen molar-refractivity contribution in [2.24, 2.45) is 0 Å². The van der Waals surface area contributed by atoms with Gasteiger partial charge in [-0.25, -0.2) is 9.50 Å². The fraction of sp³-hybridized carbons (Fsp3) is 0.133. The van der Waals surface area contributed by atoms with Crippen LogP contribution in [-0.2, 0) is 6.18 Å². The van der Waals surface area contributed by atoms with Gasteiger partial charge in [0.2, 0.25) is 0 Å². The van der Waals surface area contributed by atoms with Crippen LogP contribution >= 0.6 is 11.6 Å². The molecule has 0 aliphatic heterocycles. The van der Waals surface area contributed by atoms with Gasteiger partial charge < -0.3 is 0 Å². The topological polar surface area (TPSA) is 58.9 Å². The molecule has 3 heterocycles. The second-order valence-corrected chi connectivity index (χ2v) is 5.72. The molecule has 0 amide bonds. The number of benzene rings is 1. The number of aromatic amines is 1. The van der Waals surface area contributed by atoms with Crippen molar-refractivity contribution in [2.45, 2.75) is 13.1 Å². The summed E-state index contributed by atoms with van der Waals surface area (Å²) >= 11 is 6.18. The first kappa shape index (κ1) is 14.9. The smallest absolute Gasteiger partial charge is 0.276 e. The Balaban J connectivity index is 2.12. The minimum atomic E-state index is -4.54. The van der Waals surface area contributed by atoms with Gasteiger partial charge in [0.05, 0.1) is 28.0 Å². The highest BCUT2D eigenvalue weighted by Gasteiger charge is 2.35. The number of H-pyrrole nitrogens is 1. The summed E-state index contributed by atoms with van der Waals surface area (Å²) in [7, 11) is 0. The highest BCUT2D eigenvalue weighted by Crippen LogP contribution is 2.39. The first-order valence-corrected chi connectivity index (χ1v) is 7.29. The van der Waals surface area contributed by atoms with E-state index in [0.29, 0.717) is 22.4 Å². The SMILES string of the molecule is Cc1nc2ccc(C(F)(F)F)c(-c3cc(Cl)c4[nH]ncc4c3)n2n1. The monoisotopic (exact) mass is 351 g/mol. The van der Waals surface area contributed by atoms with E-state index in [2.05, 4.69) is 20.3 Å². The zero-order valence-corrected chi connectivity index (χ0v) is 12.9. The second kappa shape index (κ2) is 4.94. The Bertz CT molecular complexity index is 1080. The van der Waals surface area contributed by atoms with Crippen molar-refractivity contribution in [3.8, 4) is 11.3 Å². The lowest BCUT2D eigenvalue weighted by molar-refractivity contribution is -0.137. The maximum atomic E-state index is 13.5. The third kappa shape index (κ3) is 2.22. The number of halogens is 4. The maximum Gasteiger partial charge on any atom is 0.418 e. The molecule has 4 aromatic rings. The van der Waals surface area contributed by atoms with Gasteiger partial charge in [-0.15, -0.1) is 0 Å². The van der Waals surface area contributed by atoms with E-state index in [1.165, 1.54) is 22.8 Å². The van der Waals surface area contributed by atoms with Crippen molar-refractivity contribution in [1.29, 1.82) is 0 Å². The molecule has 0 bridgehead atoms. The van der Waals surface area contributed by atoms with Crippen molar-refractivity contribution >= 4 is 28.2 Å². The Kier molecular flexibility index (Phi) is 3.08. The number of fused-ring (bicyclic) bond motifs is 2. The van der Waals surface area contributed by atoms with Crippen molar-refractivity contribution in [3.05, 3.63) is 46.9 Å². The third-order valence-corrected chi connectivity index (χ3v) is 3.98. The minimum absolute atomic E-state index is 0.106. The highest BCUT2D eigenvalue weighted by atomic mass is 35.5. The van der Waals surface area contributed by atoms with E-state index in [1.807, 2.05) is 0 Å². The second-order valence-electron chi connectivity index (χ2n) is 5.31. The van der Waals surface area contributed by atoms with Crippen molar-refractivity contribution < 1.29 is 13.2 Å². The predicted molar refractivity (Wildman–Crippen MR) is 82.8 cm³/mol. The van der Waals surface area contributed by atoms with Crippen LogP contribution < -0.4 is 0 Å². The number of aromatic nitrogens is 5. The lowest BCUT2D eigenvalue weighted by Crippen LogP contribution is -2.11. The molecule has 0 saturated heterocycles. The van der Waals surface area contributed by atoms with Gasteiger partial charge in [-0.1, -0.05) is 11.6 Å². The molecule has 9 heteroatoms. The van der Waals surface area contributed by atoms with Gasteiger partial charge in [0.15, 0.2) is 5.65 Å². The lowest BCUT2D eigenvalue weighted by Gasteiger charge is -2.14. The van der Waals surface area contributed by atoms with Crippen LogP contribution in [0.4, 0.5) is 13.2 Å². The number of aryl methyl sites for hydroxylation is 1. The molecule has 0 fully saturated rings. The van der Waals surface area contributed by atoms with Gasteiger partial charge in [-0.05, 0) is 31.2 Å². The number of nitrogens with zero attached hydrogens (tertiary/aromatic N) is 4. The van der Waals surface area contributed by atoms with Crippen LogP contribution in [-0.4, -0.2) is 24.8 Å². The van der Waals surface area contributed by atoms with Gasteiger partial charge in [0.25, 0.3) is 0 Å². The molecule has 1 N–H and O–H groups in total. The number of pyridine rings is 1. The van der Waals surface area contributed by atoms with Crippen LogP contribution in [0.3, 0.4) is 0 Å². The summed E-state index contributed by atoms with van der Waals surface area (Å²) in [6.45, 7) is 1.62. The number of hydrogen-bond donors (Lipinski definition) is 1. The zero-order chi connectivity index (χ0) is 17.1. The Labute approximate surface area is 138 Å². The Hall–Kier alpha value is -2.61. The zero-order valence-electron chi connectivity index (χ0n) is 12.2. The third-order valence-electron chi connectivity index (χ3n) is 3.68. The van der Waals surface area contributed by atoms with Gasteiger partial charge in [-0.2, -0.15) is 23.4 Å². The number of hydrogen-bond acceptors (Lipinski definition) is 3. The normalized spacial score (nSPS) is 12.4. The number of rotatable bonds is 1. The molecule has 0 unspecified atom stereocenters. The molecule has 1 aromatic carbocycles. The Morgan fingerprint density at radius 3 is 2.75 bits per heavy atom. The molecular weight excluding hydrogens is 343 g/mol. The van der Waals surface area contributed by atoms with Gasteiger partial charge in [0, 0.05) is 10.9 Å². The van der Waals surface area contributed by atoms with Crippen molar-refractivity contribution in [3.63, 3.8) is 0 Å². The first-order chi connectivity index (χ1) is 11.3. The van der Waals surface area contributed by atoms with Crippen LogP contribution in [0.2, 0.25) is 5.02 Å². The van der Waals surface area contributed by atoms with Crippen LogP contribution in [0.5, 0.6) is 0 Å². The molecule has 0 radical (unpaired) electrons. The summed E-state index contributed by atoms with van der Waals surface area (Å²) in [4.78, 5) is 4.13. The Morgan fingerprint density at radius 2 is 2.00 bits per heavy atom. The number of nitrogens with one attached hydrogen (secondary N) is 1. The molecule has 5 nitrogen and oxygen atoms in total. The van der Waals surface area contributed by atoms with Crippen LogP contribution in [0.25, 0.3) is 27.8 Å². The summed E-state index contributed by atoms with van der Waals surface area (Å²) in [6.07, 6.45) is -3.04.